The van der Waals surface area contributed by atoms with Crippen molar-refractivity contribution in [3.8, 4) is 17.2 Å². The third-order valence-electron chi connectivity index (χ3n) is 8.04. The number of methoxy groups -OCH3 is 1. The molecule has 0 spiro atoms. The normalized spacial score (nSPS) is 30.8. The summed E-state index contributed by atoms with van der Waals surface area (Å²) in [7, 11) is 1.54. The van der Waals surface area contributed by atoms with Gasteiger partial charge in [0.25, 0.3) is 0 Å². The lowest BCUT2D eigenvalue weighted by Crippen LogP contribution is -2.42. The minimum absolute atomic E-state index is 0.123. The van der Waals surface area contributed by atoms with E-state index in [1.165, 1.54) is 36.1 Å². The van der Waals surface area contributed by atoms with Crippen LogP contribution in [-0.2, 0) is 6.42 Å². The second kappa shape index (κ2) is 7.70. The number of aromatic hydroxyl groups is 2. The van der Waals surface area contributed by atoms with E-state index in [9.17, 15) is 10.2 Å². The van der Waals surface area contributed by atoms with Crippen LogP contribution in [0.3, 0.4) is 0 Å². The van der Waals surface area contributed by atoms with Crippen LogP contribution in [-0.4, -0.2) is 29.2 Å². The Bertz CT molecular complexity index is 1060. The van der Waals surface area contributed by atoms with Crippen molar-refractivity contribution in [2.75, 3.05) is 7.11 Å². The highest BCUT2D eigenvalue weighted by molar-refractivity contribution is 5.93. The van der Waals surface area contributed by atoms with Gasteiger partial charge in [0.1, 0.15) is 5.75 Å². The number of hydrogen-bond donors (Lipinski definition) is 2. The van der Waals surface area contributed by atoms with E-state index in [0.717, 1.165) is 24.8 Å². The van der Waals surface area contributed by atoms with E-state index in [1.54, 1.807) is 25.5 Å². The molecule has 5 nitrogen and oxygen atoms in total. The molecule has 0 aliphatic heterocycles. The third kappa shape index (κ3) is 3.40. The summed E-state index contributed by atoms with van der Waals surface area (Å²) in [6, 6.07) is 11.2. The first kappa shape index (κ1) is 20.1. The first-order valence-corrected chi connectivity index (χ1v) is 11.3. The van der Waals surface area contributed by atoms with Crippen LogP contribution in [0, 0.1) is 17.3 Å². The zero-order valence-corrected chi connectivity index (χ0v) is 18.2. The quantitative estimate of drug-likeness (QED) is 0.515. The average Bonchev–Trinajstić information content (AvgIpc) is 3.11. The fourth-order valence-electron chi connectivity index (χ4n) is 6.46. The Hall–Kier alpha value is -2.82. The molecule has 0 saturated heterocycles. The van der Waals surface area contributed by atoms with Gasteiger partial charge in [-0.25, -0.2) is 0 Å². The van der Waals surface area contributed by atoms with Gasteiger partial charge in [0.2, 0.25) is 0 Å². The largest absolute Gasteiger partial charge is 0.508 e. The molecule has 3 aliphatic carbocycles. The van der Waals surface area contributed by atoms with Gasteiger partial charge in [0.05, 0.1) is 13.3 Å². The maximum absolute atomic E-state index is 9.87. The number of phenols is 2. The Balaban J connectivity index is 1.36. The number of nitrogens with zero attached hydrogens (tertiary/aromatic N) is 2. The van der Waals surface area contributed by atoms with Crippen molar-refractivity contribution in [3.63, 3.8) is 0 Å². The molecule has 2 saturated carbocycles. The predicted molar refractivity (Wildman–Crippen MR) is 122 cm³/mol. The van der Waals surface area contributed by atoms with Gasteiger partial charge in [-0.05, 0) is 103 Å². The van der Waals surface area contributed by atoms with Gasteiger partial charge in [-0.1, -0.05) is 13.0 Å². The van der Waals surface area contributed by atoms with Crippen LogP contribution >= 0.6 is 0 Å². The molecule has 5 rings (SSSR count). The highest BCUT2D eigenvalue weighted by Crippen LogP contribution is 2.60. The molecule has 162 valence electrons. The smallest absolute Gasteiger partial charge is 0.161 e. The molecule has 0 heterocycles. The van der Waals surface area contributed by atoms with Crippen LogP contribution in [0.15, 0.2) is 46.6 Å². The number of fused-ring (bicyclic) bond motifs is 5. The minimum Gasteiger partial charge on any atom is -0.508 e. The van der Waals surface area contributed by atoms with Crippen LogP contribution in [0.5, 0.6) is 17.2 Å². The molecule has 0 aromatic heterocycles. The number of benzene rings is 2. The number of ether oxygens (including phenoxy) is 1. The summed E-state index contributed by atoms with van der Waals surface area (Å²) in [6.07, 6.45) is 8.51. The maximum atomic E-state index is 9.87. The molecule has 2 aromatic rings. The molecule has 31 heavy (non-hydrogen) atoms. The highest BCUT2D eigenvalue weighted by Gasteiger charge is 2.53. The summed E-state index contributed by atoms with van der Waals surface area (Å²) in [6.45, 7) is 2.39. The summed E-state index contributed by atoms with van der Waals surface area (Å²) >= 11 is 0. The lowest BCUT2D eigenvalue weighted by Gasteiger charge is -2.49. The molecule has 0 bridgehead atoms. The second-order valence-corrected chi connectivity index (χ2v) is 9.52. The van der Waals surface area contributed by atoms with Gasteiger partial charge >= 0.3 is 0 Å². The van der Waals surface area contributed by atoms with E-state index >= 15 is 0 Å². The summed E-state index contributed by atoms with van der Waals surface area (Å²) < 4.78 is 5.17. The van der Waals surface area contributed by atoms with Crippen LogP contribution in [0.1, 0.15) is 61.6 Å². The predicted octanol–water partition coefficient (Wildman–Crippen LogP) is 5.44. The zero-order valence-electron chi connectivity index (χ0n) is 18.2. The van der Waals surface area contributed by atoms with Gasteiger partial charge in [-0.3, -0.25) is 0 Å². The molecular formula is C26H30N2O3. The minimum atomic E-state index is 0.123. The third-order valence-corrected chi connectivity index (χ3v) is 8.04. The Morgan fingerprint density at radius 3 is 2.77 bits per heavy atom. The van der Waals surface area contributed by atoms with E-state index in [2.05, 4.69) is 18.1 Å². The summed E-state index contributed by atoms with van der Waals surface area (Å²) in [5.41, 5.74) is 5.01. The lowest BCUT2D eigenvalue weighted by molar-refractivity contribution is 0.0955. The average molecular weight is 419 g/mol. The summed E-state index contributed by atoms with van der Waals surface area (Å²) in [5.74, 6) is 2.89. The van der Waals surface area contributed by atoms with Crippen molar-refractivity contribution in [2.45, 2.75) is 51.4 Å². The SMILES string of the molecule is COc1cc(/C=N\N=C2\CC[C@@H]3[C@@H]4CCc5cc(O)ccc5[C@@H]4CC[C@]23C)ccc1O. The number of phenolic OH excluding ortho intramolecular Hbond substituents is 2. The van der Waals surface area contributed by atoms with E-state index < -0.39 is 0 Å². The summed E-state index contributed by atoms with van der Waals surface area (Å²) in [4.78, 5) is 0. The molecule has 0 radical (unpaired) electrons. The molecule has 0 unspecified atom stereocenters. The molecule has 4 atom stereocenters. The van der Waals surface area contributed by atoms with Crippen LogP contribution in [0.25, 0.3) is 0 Å². The molecule has 0 amide bonds. The van der Waals surface area contributed by atoms with Crippen LogP contribution < -0.4 is 4.74 Å². The molecule has 2 aromatic carbocycles. The fraction of sp³-hybridized carbons (Fsp3) is 0.462. The Labute approximate surface area is 183 Å². The van der Waals surface area contributed by atoms with E-state index in [0.29, 0.717) is 29.3 Å². The molecule has 5 heteroatoms. The van der Waals surface area contributed by atoms with Crippen molar-refractivity contribution in [3.05, 3.63) is 53.1 Å². The molecule has 2 fully saturated rings. The second-order valence-electron chi connectivity index (χ2n) is 9.52. The molecule has 3 aliphatic rings. The van der Waals surface area contributed by atoms with Crippen molar-refractivity contribution in [1.82, 2.24) is 0 Å². The number of rotatable bonds is 3. The van der Waals surface area contributed by atoms with Crippen molar-refractivity contribution < 1.29 is 14.9 Å². The lowest BCUT2D eigenvalue weighted by atomic mass is 9.55. The molecular weight excluding hydrogens is 388 g/mol. The Morgan fingerprint density at radius 2 is 1.94 bits per heavy atom. The zero-order chi connectivity index (χ0) is 21.6. The molecule has 2 N–H and O–H groups in total. The maximum Gasteiger partial charge on any atom is 0.161 e. The fourth-order valence-corrected chi connectivity index (χ4v) is 6.46. The van der Waals surface area contributed by atoms with Crippen molar-refractivity contribution >= 4 is 11.9 Å². The Morgan fingerprint density at radius 1 is 1.06 bits per heavy atom. The Kier molecular flexibility index (Phi) is 4.99. The first-order valence-electron chi connectivity index (χ1n) is 11.3. The first-order chi connectivity index (χ1) is 15.0. The van der Waals surface area contributed by atoms with E-state index in [4.69, 9.17) is 9.84 Å². The highest BCUT2D eigenvalue weighted by atomic mass is 16.5. The summed E-state index contributed by atoms with van der Waals surface area (Å²) in [5, 5.41) is 28.7. The standard InChI is InChI=1S/C26H30N2O3/c1-26-12-11-20-19-7-5-18(29)14-17(19)4-6-21(20)22(26)8-10-25(26)28-27-15-16-3-9-23(30)24(13-16)31-2/h3,5,7,9,13-15,20-22,29-30H,4,6,8,10-12H2,1-2H3/b27-15-,28-25-/t20-,21+,22+,26-/m0/s1. The topological polar surface area (TPSA) is 74.4 Å². The van der Waals surface area contributed by atoms with E-state index in [-0.39, 0.29) is 11.2 Å². The van der Waals surface area contributed by atoms with Crippen molar-refractivity contribution in [2.24, 2.45) is 27.5 Å². The number of hydrogen-bond acceptors (Lipinski definition) is 5. The van der Waals surface area contributed by atoms with Gasteiger partial charge in [0.15, 0.2) is 11.5 Å². The monoisotopic (exact) mass is 418 g/mol. The van der Waals surface area contributed by atoms with Crippen LogP contribution in [0.2, 0.25) is 0 Å². The number of aryl methyl sites for hydroxylation is 1. The van der Waals surface area contributed by atoms with Gasteiger partial charge in [-0.15, -0.1) is 0 Å². The van der Waals surface area contributed by atoms with Gasteiger partial charge < -0.3 is 14.9 Å². The van der Waals surface area contributed by atoms with Crippen LogP contribution in [0.4, 0.5) is 0 Å². The van der Waals surface area contributed by atoms with Gasteiger partial charge in [-0.2, -0.15) is 10.2 Å². The van der Waals surface area contributed by atoms with E-state index in [1.807, 2.05) is 18.2 Å². The van der Waals surface area contributed by atoms with Crippen molar-refractivity contribution in [1.29, 1.82) is 0 Å². The van der Waals surface area contributed by atoms with Gasteiger partial charge in [0, 0.05) is 11.1 Å².